The third-order valence-corrected chi connectivity index (χ3v) is 3.37. The molecule has 0 saturated heterocycles. The van der Waals surface area contributed by atoms with Crippen molar-refractivity contribution in [2.24, 2.45) is 5.10 Å². The molecule has 0 unspecified atom stereocenters. The molecule has 0 aliphatic heterocycles. The van der Waals surface area contributed by atoms with E-state index in [1.165, 1.54) is 24.4 Å². The van der Waals surface area contributed by atoms with Gasteiger partial charge in [0.15, 0.2) is 5.76 Å². The maximum atomic E-state index is 13.0. The van der Waals surface area contributed by atoms with Crippen LogP contribution in [0.2, 0.25) is 0 Å². The van der Waals surface area contributed by atoms with E-state index < -0.39 is 5.91 Å². The zero-order valence-electron chi connectivity index (χ0n) is 12.2. The first-order valence-electron chi connectivity index (χ1n) is 6.86. The molecule has 0 saturated carbocycles. The van der Waals surface area contributed by atoms with E-state index in [1.54, 1.807) is 31.2 Å². The van der Waals surface area contributed by atoms with Gasteiger partial charge in [0.1, 0.15) is 17.1 Å². The smallest absolute Gasteiger partial charge is 0.307 e. The van der Waals surface area contributed by atoms with E-state index in [-0.39, 0.29) is 17.3 Å². The van der Waals surface area contributed by atoms with Crippen molar-refractivity contribution in [3.63, 3.8) is 0 Å². The number of amides is 1. The number of phenolic OH excluding ortho intramolecular Hbond substituents is 1. The van der Waals surface area contributed by atoms with Gasteiger partial charge in [-0.3, -0.25) is 4.79 Å². The second-order valence-electron chi connectivity index (χ2n) is 4.96. The predicted octanol–water partition coefficient (Wildman–Crippen LogP) is 3.35. The van der Waals surface area contributed by atoms with Crippen LogP contribution in [0.1, 0.15) is 21.7 Å². The van der Waals surface area contributed by atoms with Gasteiger partial charge in [-0.05, 0) is 36.8 Å². The van der Waals surface area contributed by atoms with E-state index in [2.05, 4.69) is 10.5 Å². The number of hydrogen-bond donors (Lipinski definition) is 2. The lowest BCUT2D eigenvalue weighted by molar-refractivity contribution is 0.0929. The third kappa shape index (κ3) is 2.91. The van der Waals surface area contributed by atoms with Crippen LogP contribution >= 0.6 is 0 Å². The zero-order valence-corrected chi connectivity index (χ0v) is 12.2. The van der Waals surface area contributed by atoms with Crippen molar-refractivity contribution in [1.29, 1.82) is 0 Å². The number of aryl methyl sites for hydroxylation is 1. The van der Waals surface area contributed by atoms with Crippen LogP contribution in [0.4, 0.5) is 4.39 Å². The highest BCUT2D eigenvalue weighted by Gasteiger charge is 2.19. The maximum absolute atomic E-state index is 13.0. The highest BCUT2D eigenvalue weighted by molar-refractivity contribution is 6.00. The quantitative estimate of drug-likeness (QED) is 0.575. The van der Waals surface area contributed by atoms with Gasteiger partial charge in [-0.2, -0.15) is 5.10 Å². The van der Waals surface area contributed by atoms with Crippen molar-refractivity contribution in [2.45, 2.75) is 6.92 Å². The van der Waals surface area contributed by atoms with Crippen LogP contribution in [-0.4, -0.2) is 17.2 Å². The fourth-order valence-electron chi connectivity index (χ4n) is 2.30. The molecule has 0 radical (unpaired) electrons. The Morgan fingerprint density at radius 3 is 2.83 bits per heavy atom. The molecule has 23 heavy (non-hydrogen) atoms. The molecular weight excluding hydrogens is 299 g/mol. The lowest BCUT2D eigenvalue weighted by atomic mass is 10.1. The van der Waals surface area contributed by atoms with Crippen molar-refractivity contribution in [2.75, 3.05) is 0 Å². The normalized spacial score (nSPS) is 11.2. The minimum Gasteiger partial charge on any atom is -0.507 e. The molecule has 3 aromatic rings. The van der Waals surface area contributed by atoms with E-state index in [4.69, 9.17) is 4.42 Å². The van der Waals surface area contributed by atoms with Crippen molar-refractivity contribution < 1.29 is 18.7 Å². The number of furan rings is 1. The first-order valence-corrected chi connectivity index (χ1v) is 6.86. The zero-order chi connectivity index (χ0) is 16.4. The molecule has 0 aliphatic rings. The molecule has 6 heteroatoms. The van der Waals surface area contributed by atoms with Crippen LogP contribution in [0, 0.1) is 12.7 Å². The number of nitrogens with one attached hydrogen (secondary N) is 1. The van der Waals surface area contributed by atoms with Gasteiger partial charge in [-0.25, -0.2) is 9.82 Å². The Bertz CT molecular complexity index is 915. The predicted molar refractivity (Wildman–Crippen MR) is 84.1 cm³/mol. The number of carbonyl (C=O) groups is 1. The van der Waals surface area contributed by atoms with Gasteiger partial charge in [-0.15, -0.1) is 0 Å². The van der Waals surface area contributed by atoms with Crippen molar-refractivity contribution in [3.05, 3.63) is 65.2 Å². The SMILES string of the molecule is Cc1c(C(=O)NN=Cc2cccc(F)c2)oc2cccc(O)c12. The number of benzene rings is 2. The van der Waals surface area contributed by atoms with E-state index in [0.29, 0.717) is 22.1 Å². The van der Waals surface area contributed by atoms with Gasteiger partial charge in [0.05, 0.1) is 11.6 Å². The number of rotatable bonds is 3. The minimum absolute atomic E-state index is 0.0473. The molecule has 3 rings (SSSR count). The lowest BCUT2D eigenvalue weighted by Crippen LogP contribution is -2.17. The summed E-state index contributed by atoms with van der Waals surface area (Å²) in [5.74, 6) is -0.821. The summed E-state index contributed by atoms with van der Waals surface area (Å²) in [6.45, 7) is 1.68. The molecule has 1 aromatic heterocycles. The first-order chi connectivity index (χ1) is 11.1. The summed E-state index contributed by atoms with van der Waals surface area (Å²) < 4.78 is 18.5. The standard InChI is InChI=1S/C17H13FN2O3/c1-10-15-13(21)6-3-7-14(15)23-16(10)17(22)20-19-9-11-4-2-5-12(18)8-11/h2-9,21H,1H3,(H,20,22). The first kappa shape index (κ1) is 14.8. The maximum Gasteiger partial charge on any atom is 0.307 e. The van der Waals surface area contributed by atoms with Crippen molar-refractivity contribution in [3.8, 4) is 5.75 Å². The fraction of sp³-hybridized carbons (Fsp3) is 0.0588. The highest BCUT2D eigenvalue weighted by Crippen LogP contribution is 2.32. The number of fused-ring (bicyclic) bond motifs is 1. The number of nitrogens with zero attached hydrogens (tertiary/aromatic N) is 1. The van der Waals surface area contributed by atoms with Gasteiger partial charge in [0, 0.05) is 5.56 Å². The summed E-state index contributed by atoms with van der Waals surface area (Å²) in [6.07, 6.45) is 1.33. The second-order valence-corrected chi connectivity index (χ2v) is 4.96. The van der Waals surface area contributed by atoms with Crippen LogP contribution in [0.15, 0.2) is 52.0 Å². The van der Waals surface area contributed by atoms with E-state index in [9.17, 15) is 14.3 Å². The summed E-state index contributed by atoms with van der Waals surface area (Å²) in [6, 6.07) is 10.6. The number of aromatic hydroxyl groups is 1. The van der Waals surface area contributed by atoms with E-state index >= 15 is 0 Å². The molecule has 0 bridgehead atoms. The average molecular weight is 312 g/mol. The van der Waals surface area contributed by atoms with Gasteiger partial charge in [-0.1, -0.05) is 18.2 Å². The van der Waals surface area contributed by atoms with Crippen molar-refractivity contribution >= 4 is 23.1 Å². The number of carbonyl (C=O) groups excluding carboxylic acids is 1. The largest absolute Gasteiger partial charge is 0.507 e. The summed E-state index contributed by atoms with van der Waals surface area (Å²) in [4.78, 5) is 12.1. The fourth-order valence-corrected chi connectivity index (χ4v) is 2.30. The van der Waals surface area contributed by atoms with Gasteiger partial charge >= 0.3 is 5.91 Å². The molecule has 116 valence electrons. The monoisotopic (exact) mass is 312 g/mol. The number of halogens is 1. The van der Waals surface area contributed by atoms with Crippen LogP contribution < -0.4 is 5.43 Å². The number of phenols is 1. The summed E-state index contributed by atoms with van der Waals surface area (Å²) in [5.41, 5.74) is 3.78. The molecule has 1 amide bonds. The van der Waals surface area contributed by atoms with Crippen LogP contribution in [0.5, 0.6) is 5.75 Å². The molecular formula is C17H13FN2O3. The number of hydrogen-bond acceptors (Lipinski definition) is 4. The molecule has 1 heterocycles. The molecule has 0 fully saturated rings. The lowest BCUT2D eigenvalue weighted by Gasteiger charge is -1.98. The van der Waals surface area contributed by atoms with Crippen LogP contribution in [0.3, 0.4) is 0 Å². The summed E-state index contributed by atoms with van der Waals surface area (Å²) in [5, 5.41) is 14.1. The van der Waals surface area contributed by atoms with Gasteiger partial charge in [0.2, 0.25) is 0 Å². The highest BCUT2D eigenvalue weighted by atomic mass is 19.1. The van der Waals surface area contributed by atoms with E-state index in [0.717, 1.165) is 0 Å². The summed E-state index contributed by atoms with van der Waals surface area (Å²) in [7, 11) is 0. The third-order valence-electron chi connectivity index (χ3n) is 3.37. The second kappa shape index (κ2) is 5.92. The molecule has 0 spiro atoms. The Morgan fingerprint density at radius 2 is 2.09 bits per heavy atom. The minimum atomic E-state index is -0.550. The van der Waals surface area contributed by atoms with Crippen molar-refractivity contribution in [1.82, 2.24) is 5.43 Å². The summed E-state index contributed by atoms with van der Waals surface area (Å²) >= 11 is 0. The molecule has 0 atom stereocenters. The Labute approximate surface area is 131 Å². The van der Waals surface area contributed by atoms with Crippen LogP contribution in [-0.2, 0) is 0 Å². The van der Waals surface area contributed by atoms with E-state index in [1.807, 2.05) is 0 Å². The molecule has 5 nitrogen and oxygen atoms in total. The molecule has 2 aromatic carbocycles. The molecule has 2 N–H and O–H groups in total. The van der Waals surface area contributed by atoms with Gasteiger partial charge < -0.3 is 9.52 Å². The topological polar surface area (TPSA) is 74.8 Å². The van der Waals surface area contributed by atoms with Gasteiger partial charge in [0.25, 0.3) is 0 Å². The Morgan fingerprint density at radius 1 is 1.30 bits per heavy atom. The average Bonchev–Trinajstić information content (AvgIpc) is 2.86. The Balaban J connectivity index is 1.81. The Hall–Kier alpha value is -3.15. The Kier molecular flexibility index (Phi) is 3.80. The van der Waals surface area contributed by atoms with Crippen LogP contribution in [0.25, 0.3) is 11.0 Å². The number of hydrazone groups is 1. The molecule has 0 aliphatic carbocycles.